The van der Waals surface area contributed by atoms with Crippen LogP contribution in [0.4, 0.5) is 4.39 Å². The Bertz CT molecular complexity index is 1500. The number of hydrogen-bond donors (Lipinski definition) is 1. The third kappa shape index (κ3) is 4.49. The molecular formula is C35H37FO4. The smallest absolute Gasteiger partial charge is 0.307 e. The zero-order valence-corrected chi connectivity index (χ0v) is 23.6. The number of allylic oxidation sites excluding steroid dienone is 2. The molecule has 1 spiro atoms. The van der Waals surface area contributed by atoms with Gasteiger partial charge in [0.05, 0.1) is 13.0 Å². The van der Waals surface area contributed by atoms with Gasteiger partial charge in [-0.25, -0.2) is 4.39 Å². The van der Waals surface area contributed by atoms with Crippen LogP contribution in [0.3, 0.4) is 0 Å². The lowest BCUT2D eigenvalue weighted by Gasteiger charge is -2.51. The number of rotatable bonds is 7. The average molecular weight is 541 g/mol. The summed E-state index contributed by atoms with van der Waals surface area (Å²) >= 11 is 0. The van der Waals surface area contributed by atoms with Gasteiger partial charge in [-0.3, -0.25) is 4.79 Å². The number of hydrogen-bond acceptors (Lipinski definition) is 3. The molecule has 3 aromatic rings. The van der Waals surface area contributed by atoms with E-state index in [1.165, 1.54) is 17.2 Å². The van der Waals surface area contributed by atoms with Gasteiger partial charge in [-0.05, 0) is 120 Å². The third-order valence-electron chi connectivity index (χ3n) is 9.62. The number of aryl methyl sites for hydroxylation is 1. The molecule has 0 aliphatic heterocycles. The van der Waals surface area contributed by atoms with E-state index in [4.69, 9.17) is 9.47 Å². The van der Waals surface area contributed by atoms with E-state index in [2.05, 4.69) is 38.1 Å². The van der Waals surface area contributed by atoms with Crippen molar-refractivity contribution in [3.05, 3.63) is 88.7 Å². The second-order valence-corrected chi connectivity index (χ2v) is 12.3. The topological polar surface area (TPSA) is 55.8 Å². The maximum atomic E-state index is 15.1. The molecule has 0 bridgehead atoms. The van der Waals surface area contributed by atoms with Crippen LogP contribution in [0.1, 0.15) is 74.6 Å². The number of ether oxygens (including phenoxy) is 2. The highest BCUT2D eigenvalue weighted by molar-refractivity contribution is 5.85. The number of aliphatic carboxylic acids is 1. The molecular weight excluding hydrogens is 503 g/mol. The first-order valence-corrected chi connectivity index (χ1v) is 14.4. The van der Waals surface area contributed by atoms with Gasteiger partial charge in [-0.2, -0.15) is 0 Å². The predicted molar refractivity (Wildman–Crippen MR) is 155 cm³/mol. The van der Waals surface area contributed by atoms with E-state index in [-0.39, 0.29) is 22.6 Å². The van der Waals surface area contributed by atoms with E-state index in [1.807, 2.05) is 18.2 Å². The van der Waals surface area contributed by atoms with Crippen LogP contribution in [-0.4, -0.2) is 18.2 Å². The van der Waals surface area contributed by atoms with Gasteiger partial charge in [0.15, 0.2) is 0 Å². The summed E-state index contributed by atoms with van der Waals surface area (Å²) in [6.07, 6.45) is 8.95. The van der Waals surface area contributed by atoms with Gasteiger partial charge in [-0.15, -0.1) is 0 Å². The van der Waals surface area contributed by atoms with Crippen LogP contribution in [-0.2, 0) is 23.2 Å². The normalized spacial score (nSPS) is 22.8. The van der Waals surface area contributed by atoms with Gasteiger partial charge in [-0.1, -0.05) is 38.1 Å². The monoisotopic (exact) mass is 540 g/mol. The van der Waals surface area contributed by atoms with Crippen molar-refractivity contribution >= 4 is 11.5 Å². The summed E-state index contributed by atoms with van der Waals surface area (Å²) in [5.41, 5.74) is 6.79. The van der Waals surface area contributed by atoms with Crippen LogP contribution >= 0.6 is 0 Å². The SMILES string of the molecule is COc1ccc(F)c(-c2ccc(COc3ccc4c(c3)[C@@]3(CCC4)CC[C@H]3C(=O)O)cc2C2=CCCC2(C)C)c1. The quantitative estimate of drug-likeness (QED) is 0.327. The Labute approximate surface area is 235 Å². The van der Waals surface area contributed by atoms with Crippen LogP contribution in [0.25, 0.3) is 16.7 Å². The van der Waals surface area contributed by atoms with E-state index < -0.39 is 5.97 Å². The van der Waals surface area contributed by atoms with Gasteiger partial charge in [0, 0.05) is 11.0 Å². The molecule has 5 heteroatoms. The lowest BCUT2D eigenvalue weighted by molar-refractivity contribution is -0.150. The lowest BCUT2D eigenvalue weighted by Crippen LogP contribution is -2.50. The van der Waals surface area contributed by atoms with Crippen molar-refractivity contribution in [1.82, 2.24) is 0 Å². The summed E-state index contributed by atoms with van der Waals surface area (Å²) in [5, 5.41) is 9.84. The maximum Gasteiger partial charge on any atom is 0.307 e. The van der Waals surface area contributed by atoms with E-state index in [9.17, 15) is 9.90 Å². The molecule has 0 radical (unpaired) electrons. The van der Waals surface area contributed by atoms with Gasteiger partial charge in [0.25, 0.3) is 0 Å². The molecule has 3 aromatic carbocycles. The van der Waals surface area contributed by atoms with Crippen LogP contribution in [0.5, 0.6) is 11.5 Å². The van der Waals surface area contributed by atoms with Crippen LogP contribution in [0.2, 0.25) is 0 Å². The fourth-order valence-electron chi connectivity index (χ4n) is 7.28. The molecule has 0 amide bonds. The molecule has 1 fully saturated rings. The zero-order chi connectivity index (χ0) is 28.1. The molecule has 4 nitrogen and oxygen atoms in total. The summed E-state index contributed by atoms with van der Waals surface area (Å²) in [4.78, 5) is 12.0. The summed E-state index contributed by atoms with van der Waals surface area (Å²) < 4.78 is 26.8. The lowest BCUT2D eigenvalue weighted by atomic mass is 9.52. The molecule has 3 aliphatic carbocycles. The number of benzene rings is 3. The van der Waals surface area contributed by atoms with Crippen LogP contribution in [0.15, 0.2) is 60.7 Å². The minimum atomic E-state index is -0.686. The van der Waals surface area contributed by atoms with Crippen molar-refractivity contribution in [3.63, 3.8) is 0 Å². The first-order valence-electron chi connectivity index (χ1n) is 14.4. The second kappa shape index (κ2) is 10.1. The maximum absolute atomic E-state index is 15.1. The Kier molecular flexibility index (Phi) is 6.72. The number of fused-ring (bicyclic) bond motifs is 2. The Morgan fingerprint density at radius 2 is 1.80 bits per heavy atom. The molecule has 208 valence electrons. The molecule has 0 aromatic heterocycles. The Balaban J connectivity index is 1.32. The Morgan fingerprint density at radius 3 is 2.50 bits per heavy atom. The predicted octanol–water partition coefficient (Wildman–Crippen LogP) is 8.35. The van der Waals surface area contributed by atoms with E-state index >= 15 is 4.39 Å². The molecule has 0 saturated heterocycles. The first-order chi connectivity index (χ1) is 19.2. The highest BCUT2D eigenvalue weighted by Gasteiger charge is 2.53. The molecule has 0 unspecified atom stereocenters. The minimum Gasteiger partial charge on any atom is -0.497 e. The van der Waals surface area contributed by atoms with Gasteiger partial charge in [0.1, 0.15) is 23.9 Å². The average Bonchev–Trinajstić information content (AvgIpc) is 3.29. The Hall–Kier alpha value is -3.60. The number of carbonyl (C=O) groups is 1. The van der Waals surface area contributed by atoms with E-state index in [0.717, 1.165) is 72.9 Å². The van der Waals surface area contributed by atoms with Gasteiger partial charge in [0.2, 0.25) is 0 Å². The zero-order valence-electron chi connectivity index (χ0n) is 23.6. The van der Waals surface area contributed by atoms with Gasteiger partial charge >= 0.3 is 5.97 Å². The van der Waals surface area contributed by atoms with Crippen molar-refractivity contribution in [2.24, 2.45) is 11.3 Å². The number of methoxy groups -OCH3 is 1. The molecule has 1 saturated carbocycles. The molecule has 3 aliphatic rings. The standard InChI is InChI=1S/C35H37FO4/c1-34(2)15-5-7-29(34)27-18-22(8-12-26(27)28-19-24(39-3)11-13-32(28)36)21-40-25-10-9-23-6-4-16-35(31(23)20-25)17-14-30(35)33(37)38/h7-13,18-20,30H,4-6,14-17,21H2,1-3H3,(H,37,38)/t30-,35-/m0/s1. The molecule has 0 heterocycles. The number of halogens is 1. The summed E-state index contributed by atoms with van der Waals surface area (Å²) in [6.45, 7) is 4.86. The molecule has 6 rings (SSSR count). The molecule has 2 atom stereocenters. The first kappa shape index (κ1) is 26.6. The van der Waals surface area contributed by atoms with Crippen molar-refractivity contribution < 1.29 is 23.8 Å². The van der Waals surface area contributed by atoms with Crippen molar-refractivity contribution in [1.29, 1.82) is 0 Å². The number of carboxylic acids is 1. The summed E-state index contributed by atoms with van der Waals surface area (Å²) in [7, 11) is 1.59. The molecule has 40 heavy (non-hydrogen) atoms. The Morgan fingerprint density at radius 1 is 0.975 bits per heavy atom. The van der Waals surface area contributed by atoms with Gasteiger partial charge < -0.3 is 14.6 Å². The van der Waals surface area contributed by atoms with E-state index in [0.29, 0.717) is 17.9 Å². The number of carboxylic acid groups (broad SMARTS) is 1. The van der Waals surface area contributed by atoms with Crippen molar-refractivity contribution in [2.45, 2.75) is 70.8 Å². The highest BCUT2D eigenvalue weighted by Crippen LogP contribution is 2.56. The fourth-order valence-corrected chi connectivity index (χ4v) is 7.28. The van der Waals surface area contributed by atoms with Crippen LogP contribution in [0, 0.1) is 17.2 Å². The largest absolute Gasteiger partial charge is 0.497 e. The fraction of sp³-hybridized carbons (Fsp3) is 0.400. The highest BCUT2D eigenvalue weighted by atomic mass is 19.1. The third-order valence-corrected chi connectivity index (χ3v) is 9.62. The van der Waals surface area contributed by atoms with Crippen molar-refractivity contribution in [2.75, 3.05) is 7.11 Å². The summed E-state index contributed by atoms with van der Waals surface area (Å²) in [6, 6.07) is 17.2. The minimum absolute atomic E-state index is 0.0140. The van der Waals surface area contributed by atoms with Crippen LogP contribution < -0.4 is 9.47 Å². The second-order valence-electron chi connectivity index (χ2n) is 12.3. The molecule has 1 N–H and O–H groups in total. The summed E-state index contributed by atoms with van der Waals surface area (Å²) in [5.74, 6) is 0.116. The van der Waals surface area contributed by atoms with E-state index in [1.54, 1.807) is 19.2 Å². The van der Waals surface area contributed by atoms with Crippen molar-refractivity contribution in [3.8, 4) is 22.6 Å².